The Bertz CT molecular complexity index is 1040. The summed E-state index contributed by atoms with van der Waals surface area (Å²) >= 11 is 5.80. The van der Waals surface area contributed by atoms with E-state index in [1.54, 1.807) is 55.5 Å². The van der Waals surface area contributed by atoms with Crippen molar-refractivity contribution in [3.63, 3.8) is 0 Å². The number of ether oxygens (including phenoxy) is 2. The standard InChI is InChI=1S/C22H19ClO6/c1-2-27-22(26)21-17(16-5-3-4-6-19(16)29-21)13-28-20(25)12-11-18(24)14-7-9-15(23)10-8-14/h3-10H,2,11-13H2,1H3. The number of fused-ring (bicyclic) bond motifs is 1. The van der Waals surface area contributed by atoms with Crippen LogP contribution in [0.5, 0.6) is 0 Å². The first-order valence-electron chi connectivity index (χ1n) is 9.11. The predicted octanol–water partition coefficient (Wildman–Crippen LogP) is 4.97. The highest BCUT2D eigenvalue weighted by Gasteiger charge is 2.22. The Balaban J connectivity index is 1.64. The predicted molar refractivity (Wildman–Crippen MR) is 107 cm³/mol. The number of hydrogen-bond acceptors (Lipinski definition) is 6. The van der Waals surface area contributed by atoms with Gasteiger partial charge in [-0.05, 0) is 37.3 Å². The SMILES string of the molecule is CCOC(=O)c1oc2ccccc2c1COC(=O)CCC(=O)c1ccc(Cl)cc1. The minimum atomic E-state index is -0.618. The first-order chi connectivity index (χ1) is 14.0. The molecule has 3 rings (SSSR count). The number of furan rings is 1. The molecule has 0 spiro atoms. The van der Waals surface area contributed by atoms with Crippen LogP contribution < -0.4 is 0 Å². The van der Waals surface area contributed by atoms with E-state index in [0.29, 0.717) is 27.1 Å². The molecular weight excluding hydrogens is 396 g/mol. The molecule has 1 heterocycles. The van der Waals surface area contributed by atoms with Crippen LogP contribution in [-0.2, 0) is 20.9 Å². The minimum Gasteiger partial charge on any atom is -0.461 e. The zero-order valence-corrected chi connectivity index (χ0v) is 16.5. The summed E-state index contributed by atoms with van der Waals surface area (Å²) in [5.41, 5.74) is 1.42. The van der Waals surface area contributed by atoms with Crippen molar-refractivity contribution in [2.45, 2.75) is 26.4 Å². The highest BCUT2D eigenvalue weighted by Crippen LogP contribution is 2.27. The first-order valence-corrected chi connectivity index (χ1v) is 9.49. The van der Waals surface area contributed by atoms with Gasteiger partial charge in [0.1, 0.15) is 12.2 Å². The molecule has 7 heteroatoms. The average molecular weight is 415 g/mol. The third-order valence-corrected chi connectivity index (χ3v) is 4.51. The molecular formula is C22H19ClO6. The summed E-state index contributed by atoms with van der Waals surface area (Å²) < 4.78 is 15.9. The number of hydrogen-bond donors (Lipinski definition) is 0. The average Bonchev–Trinajstić information content (AvgIpc) is 3.10. The molecule has 0 atom stereocenters. The Kier molecular flexibility index (Phi) is 6.67. The van der Waals surface area contributed by atoms with Crippen LogP contribution in [0.4, 0.5) is 0 Å². The molecule has 150 valence electrons. The zero-order chi connectivity index (χ0) is 20.8. The highest BCUT2D eigenvalue weighted by atomic mass is 35.5. The van der Waals surface area contributed by atoms with Crippen molar-refractivity contribution in [2.24, 2.45) is 0 Å². The number of carbonyl (C=O) groups excluding carboxylic acids is 3. The van der Waals surface area contributed by atoms with E-state index >= 15 is 0 Å². The number of rotatable bonds is 8. The molecule has 29 heavy (non-hydrogen) atoms. The van der Waals surface area contributed by atoms with Crippen molar-refractivity contribution in [3.8, 4) is 0 Å². The number of esters is 2. The van der Waals surface area contributed by atoms with Crippen LogP contribution in [-0.4, -0.2) is 24.3 Å². The topological polar surface area (TPSA) is 82.8 Å². The molecule has 0 aliphatic heterocycles. The number of benzene rings is 2. The summed E-state index contributed by atoms with van der Waals surface area (Å²) in [6.07, 6.45) is -0.0662. The normalized spacial score (nSPS) is 10.7. The highest BCUT2D eigenvalue weighted by molar-refractivity contribution is 6.30. The molecule has 0 fully saturated rings. The van der Waals surface area contributed by atoms with Gasteiger partial charge in [0.15, 0.2) is 5.78 Å². The first kappa shape index (κ1) is 20.6. The summed E-state index contributed by atoms with van der Waals surface area (Å²) in [4.78, 5) is 36.5. The maximum Gasteiger partial charge on any atom is 0.374 e. The summed E-state index contributed by atoms with van der Waals surface area (Å²) in [5, 5.41) is 1.20. The number of ketones is 1. The lowest BCUT2D eigenvalue weighted by atomic mass is 10.1. The maximum absolute atomic E-state index is 12.2. The summed E-state index contributed by atoms with van der Waals surface area (Å²) in [5.74, 6) is -1.34. The Morgan fingerprint density at radius 1 is 0.966 bits per heavy atom. The van der Waals surface area contributed by atoms with Crippen LogP contribution in [0.2, 0.25) is 5.02 Å². The molecule has 2 aromatic carbocycles. The molecule has 1 aromatic heterocycles. The van der Waals surface area contributed by atoms with Gasteiger partial charge in [0, 0.05) is 22.4 Å². The van der Waals surface area contributed by atoms with Crippen LogP contribution >= 0.6 is 11.6 Å². The molecule has 0 amide bonds. The van der Waals surface area contributed by atoms with Crippen LogP contribution in [0, 0.1) is 0 Å². The Labute approximate surface area is 172 Å². The van der Waals surface area contributed by atoms with Crippen molar-refractivity contribution in [1.82, 2.24) is 0 Å². The van der Waals surface area contributed by atoms with E-state index in [4.69, 9.17) is 25.5 Å². The molecule has 0 unspecified atom stereocenters. The molecule has 0 saturated heterocycles. The second-order valence-electron chi connectivity index (χ2n) is 6.22. The quantitative estimate of drug-likeness (QED) is 0.382. The molecule has 0 aliphatic carbocycles. The van der Waals surface area contributed by atoms with E-state index in [1.165, 1.54) is 0 Å². The Hall–Kier alpha value is -3.12. The molecule has 0 N–H and O–H groups in total. The molecule has 0 aliphatic rings. The van der Waals surface area contributed by atoms with Crippen LogP contribution in [0.1, 0.15) is 46.2 Å². The van der Waals surface area contributed by atoms with Crippen molar-refractivity contribution in [3.05, 3.63) is 70.4 Å². The van der Waals surface area contributed by atoms with E-state index in [2.05, 4.69) is 0 Å². The Morgan fingerprint density at radius 2 is 1.69 bits per heavy atom. The second kappa shape index (κ2) is 9.39. The molecule has 6 nitrogen and oxygen atoms in total. The molecule has 0 bridgehead atoms. The van der Waals surface area contributed by atoms with Crippen molar-refractivity contribution < 1.29 is 28.3 Å². The van der Waals surface area contributed by atoms with Gasteiger partial charge in [0.2, 0.25) is 5.76 Å². The van der Waals surface area contributed by atoms with Gasteiger partial charge in [0.05, 0.1) is 18.6 Å². The van der Waals surface area contributed by atoms with E-state index in [9.17, 15) is 14.4 Å². The summed E-state index contributed by atoms with van der Waals surface area (Å²) in [7, 11) is 0. The van der Waals surface area contributed by atoms with Gasteiger partial charge in [-0.2, -0.15) is 0 Å². The smallest absolute Gasteiger partial charge is 0.374 e. The molecule has 0 saturated carbocycles. The monoisotopic (exact) mass is 414 g/mol. The lowest BCUT2D eigenvalue weighted by Gasteiger charge is -2.06. The molecule has 0 radical (unpaired) electrons. The lowest BCUT2D eigenvalue weighted by molar-refractivity contribution is -0.144. The lowest BCUT2D eigenvalue weighted by Crippen LogP contribution is -2.11. The van der Waals surface area contributed by atoms with Gasteiger partial charge in [0.25, 0.3) is 0 Å². The summed E-state index contributed by atoms with van der Waals surface area (Å²) in [6, 6.07) is 13.5. The van der Waals surface area contributed by atoms with E-state index in [-0.39, 0.29) is 37.6 Å². The van der Waals surface area contributed by atoms with Gasteiger partial charge >= 0.3 is 11.9 Å². The van der Waals surface area contributed by atoms with Crippen LogP contribution in [0.15, 0.2) is 52.9 Å². The van der Waals surface area contributed by atoms with Gasteiger partial charge in [-0.25, -0.2) is 4.79 Å². The Morgan fingerprint density at radius 3 is 2.41 bits per heavy atom. The third-order valence-electron chi connectivity index (χ3n) is 4.26. The van der Waals surface area contributed by atoms with E-state index < -0.39 is 11.9 Å². The fourth-order valence-corrected chi connectivity index (χ4v) is 2.95. The number of para-hydroxylation sites is 1. The van der Waals surface area contributed by atoms with Crippen molar-refractivity contribution >= 4 is 40.3 Å². The fourth-order valence-electron chi connectivity index (χ4n) is 2.82. The largest absolute Gasteiger partial charge is 0.461 e. The van der Waals surface area contributed by atoms with E-state index in [0.717, 1.165) is 0 Å². The van der Waals surface area contributed by atoms with Gasteiger partial charge in [-0.15, -0.1) is 0 Å². The van der Waals surface area contributed by atoms with Gasteiger partial charge < -0.3 is 13.9 Å². The van der Waals surface area contributed by atoms with Crippen LogP contribution in [0.3, 0.4) is 0 Å². The van der Waals surface area contributed by atoms with E-state index in [1.807, 2.05) is 0 Å². The third kappa shape index (κ3) is 5.03. The summed E-state index contributed by atoms with van der Waals surface area (Å²) in [6.45, 7) is 1.74. The van der Waals surface area contributed by atoms with Crippen molar-refractivity contribution in [1.29, 1.82) is 0 Å². The van der Waals surface area contributed by atoms with Gasteiger partial charge in [-0.1, -0.05) is 29.8 Å². The zero-order valence-electron chi connectivity index (χ0n) is 15.8. The van der Waals surface area contributed by atoms with Crippen LogP contribution in [0.25, 0.3) is 11.0 Å². The number of halogens is 1. The second-order valence-corrected chi connectivity index (χ2v) is 6.65. The number of carbonyl (C=O) groups is 3. The van der Waals surface area contributed by atoms with Gasteiger partial charge in [-0.3, -0.25) is 9.59 Å². The molecule has 3 aromatic rings. The maximum atomic E-state index is 12.2. The number of Topliss-reactive ketones (excluding diaryl/α,β-unsaturated/α-hetero) is 1. The van der Waals surface area contributed by atoms with Crippen molar-refractivity contribution in [2.75, 3.05) is 6.61 Å². The minimum absolute atomic E-state index is 0.0112. The fraction of sp³-hybridized carbons (Fsp3) is 0.227.